The molecule has 15 nitrogen and oxygen atoms in total. The number of carbonyl (C=O) groups is 1. The molecule has 11 unspecified atom stereocenters. The Morgan fingerprint density at radius 1 is 0.632 bits per heavy atom. The lowest BCUT2D eigenvalue weighted by atomic mass is 9.65. The van der Waals surface area contributed by atoms with E-state index in [1.54, 1.807) is 6.92 Å². The van der Waals surface area contributed by atoms with Crippen molar-refractivity contribution in [3.05, 3.63) is 24.3 Å². The standard InChI is InChI=1S/C26H48O15.C16H30/c1-9-10-18(29)39-15(11-27)13-38-26(36)24(7,35)22(5,33)20(3,31)17(41-26)14-37-25(8)23(6,34)21(4,32)19(2,30)16(12-28)40-25;1-3-5-7-9-11-13-15-16-14-12-10-8-6-4-2/h15-17,27-28,30-36H,9-14H2,1-8H3;11,13-14,16H,3-10,12,15H2,1-2H3/b;13-11-,16-14-. The normalized spacial score (nSPS) is 38.9. The number of hydrogen-bond acceptors (Lipinski definition) is 15. The average Bonchev–Trinajstić information content (AvgIpc) is 3.13. The van der Waals surface area contributed by atoms with Gasteiger partial charge >= 0.3 is 11.9 Å². The Balaban J connectivity index is 0.000000852. The van der Waals surface area contributed by atoms with Crippen LogP contribution in [0.1, 0.15) is 146 Å². The maximum Gasteiger partial charge on any atom is 0.314 e. The fourth-order valence-corrected chi connectivity index (χ4v) is 6.77. The summed E-state index contributed by atoms with van der Waals surface area (Å²) in [5.74, 6) is -5.92. The fourth-order valence-electron chi connectivity index (χ4n) is 6.77. The minimum absolute atomic E-state index is 0.0516. The smallest absolute Gasteiger partial charge is 0.314 e. The molecule has 0 amide bonds. The highest BCUT2D eigenvalue weighted by Gasteiger charge is 2.74. The molecule has 336 valence electrons. The van der Waals surface area contributed by atoms with Crippen LogP contribution in [-0.4, -0.2) is 142 Å². The first-order valence-electron chi connectivity index (χ1n) is 20.7. The minimum atomic E-state index is -3.09. The van der Waals surface area contributed by atoms with Gasteiger partial charge in [0.1, 0.15) is 46.3 Å². The number of ether oxygens (including phenoxy) is 5. The second-order valence-electron chi connectivity index (χ2n) is 16.7. The molecule has 0 aliphatic carbocycles. The number of esters is 1. The third kappa shape index (κ3) is 12.3. The van der Waals surface area contributed by atoms with E-state index in [1.165, 1.54) is 64.7 Å². The number of unbranched alkanes of at least 4 members (excludes halogenated alkanes) is 7. The van der Waals surface area contributed by atoms with E-state index in [9.17, 15) is 50.8 Å². The summed E-state index contributed by atoms with van der Waals surface area (Å²) in [6, 6.07) is 0. The van der Waals surface area contributed by atoms with E-state index >= 15 is 0 Å². The molecule has 0 spiro atoms. The SMILES string of the molecule is CCCC(=O)OC(CO)COC1(O)OC(COC2(C)OC(CO)C(C)(O)C(C)(O)C2(C)O)C(C)(O)C(C)(O)C1(C)O.CCCCC/C=C\C/C=C\CCCCCC. The largest absolute Gasteiger partial charge is 0.457 e. The van der Waals surface area contributed by atoms with Crippen LogP contribution >= 0.6 is 0 Å². The number of allylic oxidation sites excluding steroid dienone is 4. The Hall–Kier alpha value is -1.57. The van der Waals surface area contributed by atoms with Crippen LogP contribution in [0.3, 0.4) is 0 Å². The van der Waals surface area contributed by atoms with Crippen LogP contribution < -0.4 is 0 Å². The van der Waals surface area contributed by atoms with Crippen molar-refractivity contribution in [1.29, 1.82) is 0 Å². The average molecular weight is 823 g/mol. The first-order valence-corrected chi connectivity index (χ1v) is 20.7. The predicted molar refractivity (Wildman–Crippen MR) is 214 cm³/mol. The topological polar surface area (TPSA) is 245 Å². The number of rotatable bonds is 22. The summed E-state index contributed by atoms with van der Waals surface area (Å²) in [7, 11) is 0. The van der Waals surface area contributed by atoms with Crippen LogP contribution in [0.15, 0.2) is 24.3 Å². The summed E-state index contributed by atoms with van der Waals surface area (Å²) < 4.78 is 27.5. The van der Waals surface area contributed by atoms with E-state index < -0.39 is 96.1 Å². The first kappa shape index (κ1) is 53.4. The van der Waals surface area contributed by atoms with E-state index in [2.05, 4.69) is 38.2 Å². The van der Waals surface area contributed by atoms with E-state index in [0.717, 1.165) is 48.0 Å². The fraction of sp³-hybridized carbons (Fsp3) is 0.881. The number of carbonyl (C=O) groups excluding carboxylic acids is 1. The zero-order valence-electron chi connectivity index (χ0n) is 36.3. The quantitative estimate of drug-likeness (QED) is 0.0329. The highest BCUT2D eigenvalue weighted by atomic mass is 16.8. The summed E-state index contributed by atoms with van der Waals surface area (Å²) in [5, 5.41) is 97.9. The van der Waals surface area contributed by atoms with Crippen LogP contribution in [0.2, 0.25) is 0 Å². The van der Waals surface area contributed by atoms with Crippen LogP contribution in [0.25, 0.3) is 0 Å². The molecule has 2 saturated heterocycles. The lowest BCUT2D eigenvalue weighted by Crippen LogP contribution is -2.83. The van der Waals surface area contributed by atoms with Crippen molar-refractivity contribution in [3.63, 3.8) is 0 Å². The second-order valence-corrected chi connectivity index (χ2v) is 16.7. The van der Waals surface area contributed by atoms with Gasteiger partial charge in [-0.1, -0.05) is 77.2 Å². The summed E-state index contributed by atoms with van der Waals surface area (Å²) in [4.78, 5) is 11.9. The van der Waals surface area contributed by atoms with E-state index in [4.69, 9.17) is 23.7 Å². The van der Waals surface area contributed by atoms with E-state index in [1.807, 2.05) is 0 Å². The number of hydrogen-bond donors (Lipinski definition) is 9. The highest BCUT2D eigenvalue weighted by Crippen LogP contribution is 2.52. The third-order valence-electron chi connectivity index (χ3n) is 12.2. The number of aliphatic hydroxyl groups excluding tert-OH is 2. The maximum absolute atomic E-state index is 11.9. The van der Waals surface area contributed by atoms with Crippen LogP contribution in [0.4, 0.5) is 0 Å². The summed E-state index contributed by atoms with van der Waals surface area (Å²) in [6.07, 6.45) is 18.5. The van der Waals surface area contributed by atoms with E-state index in [-0.39, 0.29) is 6.42 Å². The molecule has 2 fully saturated rings. The second kappa shape index (κ2) is 22.3. The molecule has 0 radical (unpaired) electrons. The monoisotopic (exact) mass is 823 g/mol. The molecule has 2 heterocycles. The lowest BCUT2D eigenvalue weighted by Gasteiger charge is -2.62. The van der Waals surface area contributed by atoms with Crippen LogP contribution in [-0.2, 0) is 28.5 Å². The van der Waals surface area contributed by atoms with Gasteiger partial charge in [0.25, 0.3) is 0 Å². The van der Waals surface area contributed by atoms with Crippen molar-refractivity contribution in [2.24, 2.45) is 0 Å². The summed E-state index contributed by atoms with van der Waals surface area (Å²) >= 11 is 0. The summed E-state index contributed by atoms with van der Waals surface area (Å²) in [6.45, 7) is 10.9. The zero-order valence-corrected chi connectivity index (χ0v) is 36.3. The van der Waals surface area contributed by atoms with Gasteiger partial charge in [0.05, 0.1) is 26.4 Å². The van der Waals surface area contributed by atoms with Crippen LogP contribution in [0, 0.1) is 0 Å². The van der Waals surface area contributed by atoms with Gasteiger partial charge in [0.15, 0.2) is 11.4 Å². The van der Waals surface area contributed by atoms with Gasteiger partial charge in [-0.25, -0.2) is 0 Å². The Kier molecular flexibility index (Phi) is 20.9. The minimum Gasteiger partial charge on any atom is -0.457 e. The molecule has 0 aromatic carbocycles. The van der Waals surface area contributed by atoms with Gasteiger partial charge in [-0.05, 0) is 87.0 Å². The van der Waals surface area contributed by atoms with Crippen molar-refractivity contribution in [2.45, 2.75) is 210 Å². The molecule has 2 aliphatic rings. The maximum atomic E-state index is 11.9. The van der Waals surface area contributed by atoms with Crippen molar-refractivity contribution in [1.82, 2.24) is 0 Å². The first-order chi connectivity index (χ1) is 26.3. The van der Waals surface area contributed by atoms with E-state index in [0.29, 0.717) is 6.42 Å². The molecular weight excluding hydrogens is 744 g/mol. The molecule has 0 aromatic rings. The Labute approximate surface area is 340 Å². The molecule has 9 N–H and O–H groups in total. The summed E-state index contributed by atoms with van der Waals surface area (Å²) in [5.41, 5.74) is -14.6. The zero-order chi connectivity index (χ0) is 44.0. The molecule has 15 heteroatoms. The van der Waals surface area contributed by atoms with Gasteiger partial charge in [-0.2, -0.15) is 0 Å². The molecule has 2 aliphatic heterocycles. The van der Waals surface area contributed by atoms with Crippen LogP contribution in [0.5, 0.6) is 0 Å². The third-order valence-corrected chi connectivity index (χ3v) is 12.2. The van der Waals surface area contributed by atoms with Gasteiger partial charge in [-0.15, -0.1) is 0 Å². The molecule has 0 bridgehead atoms. The molecule has 0 saturated carbocycles. The Bertz CT molecular complexity index is 1240. The Morgan fingerprint density at radius 2 is 1.14 bits per heavy atom. The van der Waals surface area contributed by atoms with Gasteiger partial charge in [0, 0.05) is 6.42 Å². The molecule has 0 aromatic heterocycles. The van der Waals surface area contributed by atoms with Crippen molar-refractivity contribution in [2.75, 3.05) is 26.4 Å². The molecule has 57 heavy (non-hydrogen) atoms. The van der Waals surface area contributed by atoms with Gasteiger partial charge in [-0.3, -0.25) is 4.79 Å². The number of aliphatic hydroxyl groups is 9. The predicted octanol–water partition coefficient (Wildman–Crippen LogP) is 3.42. The molecule has 11 atom stereocenters. The molecule has 2 rings (SSSR count). The molecular formula is C42H78O15. The Morgan fingerprint density at radius 3 is 1.65 bits per heavy atom. The van der Waals surface area contributed by atoms with Crippen molar-refractivity contribution >= 4 is 5.97 Å². The highest BCUT2D eigenvalue weighted by molar-refractivity contribution is 5.69. The van der Waals surface area contributed by atoms with Gasteiger partial charge in [0.2, 0.25) is 0 Å². The van der Waals surface area contributed by atoms with Crippen molar-refractivity contribution in [3.8, 4) is 0 Å². The lowest BCUT2D eigenvalue weighted by molar-refractivity contribution is -0.511. The van der Waals surface area contributed by atoms with Crippen molar-refractivity contribution < 1.29 is 74.4 Å². The van der Waals surface area contributed by atoms with Gasteiger partial charge < -0.3 is 69.6 Å².